The molecule has 0 atom stereocenters. The van der Waals surface area contributed by atoms with E-state index in [-0.39, 0.29) is 24.8 Å². The van der Waals surface area contributed by atoms with Gasteiger partial charge in [-0.3, -0.25) is 0 Å². The quantitative estimate of drug-likeness (QED) is 0.869. The third kappa shape index (κ3) is 4.91. The average molecular weight is 328 g/mol. The van der Waals surface area contributed by atoms with Crippen LogP contribution in [0.4, 0.5) is 5.69 Å². The minimum absolute atomic E-state index is 0. The number of hydrogen-bond donors (Lipinski definition) is 2. The molecule has 2 nitrogen and oxygen atoms in total. The second-order valence-electron chi connectivity index (χ2n) is 3.68. The maximum atomic E-state index is 3.55. The van der Waals surface area contributed by atoms with Crippen molar-refractivity contribution in [1.82, 2.24) is 5.32 Å². The zero-order valence-corrected chi connectivity index (χ0v) is 12.1. The van der Waals surface area contributed by atoms with Crippen molar-refractivity contribution >= 4 is 46.4 Å². The molecule has 1 aliphatic rings. The van der Waals surface area contributed by atoms with Crippen LogP contribution in [0.5, 0.6) is 0 Å². The van der Waals surface area contributed by atoms with Gasteiger partial charge in [-0.25, -0.2) is 0 Å². The van der Waals surface area contributed by atoms with Crippen LogP contribution in [0.1, 0.15) is 12.8 Å². The van der Waals surface area contributed by atoms with E-state index < -0.39 is 0 Å². The molecule has 0 radical (unpaired) electrons. The van der Waals surface area contributed by atoms with Crippen LogP contribution in [-0.2, 0) is 0 Å². The third-order valence-corrected chi connectivity index (χ3v) is 3.08. The van der Waals surface area contributed by atoms with Gasteiger partial charge in [0.2, 0.25) is 0 Å². The fraction of sp³-hybridized carbons (Fsp3) is 0.455. The molecule has 1 saturated heterocycles. The number of halogens is 3. The van der Waals surface area contributed by atoms with E-state index in [1.165, 1.54) is 18.5 Å². The second kappa shape index (κ2) is 8.18. The van der Waals surface area contributed by atoms with Gasteiger partial charge in [-0.15, -0.1) is 24.8 Å². The zero-order chi connectivity index (χ0) is 9.80. The van der Waals surface area contributed by atoms with E-state index in [4.69, 9.17) is 0 Å². The summed E-state index contributed by atoms with van der Waals surface area (Å²) in [4.78, 5) is 0. The summed E-state index contributed by atoms with van der Waals surface area (Å²) in [6.07, 6.45) is 2.44. The monoisotopic (exact) mass is 326 g/mol. The van der Waals surface area contributed by atoms with Crippen molar-refractivity contribution in [3.63, 3.8) is 0 Å². The van der Waals surface area contributed by atoms with E-state index in [1.807, 2.05) is 0 Å². The number of nitrogens with one attached hydrogen (secondary N) is 2. The fourth-order valence-corrected chi connectivity index (χ4v) is 2.01. The summed E-state index contributed by atoms with van der Waals surface area (Å²) in [5, 5.41) is 6.91. The predicted octanol–water partition coefficient (Wildman–Crippen LogP) is 3.46. The Labute approximate surface area is 118 Å². The summed E-state index contributed by atoms with van der Waals surface area (Å²) in [7, 11) is 0. The maximum absolute atomic E-state index is 3.55. The molecule has 0 amide bonds. The van der Waals surface area contributed by atoms with Gasteiger partial charge in [0.1, 0.15) is 0 Å². The van der Waals surface area contributed by atoms with Crippen molar-refractivity contribution in [1.29, 1.82) is 0 Å². The van der Waals surface area contributed by atoms with Gasteiger partial charge in [0.15, 0.2) is 0 Å². The van der Waals surface area contributed by atoms with Gasteiger partial charge in [-0.2, -0.15) is 0 Å². The maximum Gasteiger partial charge on any atom is 0.0343 e. The van der Waals surface area contributed by atoms with Crippen LogP contribution in [-0.4, -0.2) is 19.1 Å². The number of benzene rings is 1. The molecule has 0 saturated carbocycles. The molecular weight excluding hydrogens is 311 g/mol. The molecule has 1 aliphatic heterocycles. The van der Waals surface area contributed by atoms with Crippen molar-refractivity contribution in [3.8, 4) is 0 Å². The number of anilines is 1. The number of hydrogen-bond acceptors (Lipinski definition) is 2. The van der Waals surface area contributed by atoms with Crippen LogP contribution < -0.4 is 10.6 Å². The van der Waals surface area contributed by atoms with Crippen molar-refractivity contribution in [2.24, 2.45) is 0 Å². The van der Waals surface area contributed by atoms with E-state index in [2.05, 4.69) is 50.8 Å². The van der Waals surface area contributed by atoms with E-state index in [1.54, 1.807) is 0 Å². The Morgan fingerprint density at radius 2 is 1.62 bits per heavy atom. The van der Waals surface area contributed by atoms with Crippen LogP contribution in [0.3, 0.4) is 0 Å². The first-order valence-corrected chi connectivity index (χ1v) is 5.87. The lowest BCUT2D eigenvalue weighted by atomic mass is 10.1. The molecule has 2 N–H and O–H groups in total. The van der Waals surface area contributed by atoms with Gasteiger partial charge < -0.3 is 10.6 Å². The Hall–Kier alpha value is 0.0400. The molecule has 5 heteroatoms. The molecule has 0 aliphatic carbocycles. The summed E-state index contributed by atoms with van der Waals surface area (Å²) in [5.74, 6) is 0. The molecular formula is C11H17BrCl2N2. The Balaban J connectivity index is 0.00000112. The van der Waals surface area contributed by atoms with Gasteiger partial charge in [0, 0.05) is 16.2 Å². The summed E-state index contributed by atoms with van der Waals surface area (Å²) in [6.45, 7) is 2.27. The van der Waals surface area contributed by atoms with Crippen LogP contribution >= 0.6 is 40.7 Å². The molecule has 0 unspecified atom stereocenters. The lowest BCUT2D eigenvalue weighted by molar-refractivity contribution is 0.479. The van der Waals surface area contributed by atoms with Crippen LogP contribution in [0.2, 0.25) is 0 Å². The predicted molar refractivity (Wildman–Crippen MR) is 78.2 cm³/mol. The first kappa shape index (κ1) is 16.0. The highest BCUT2D eigenvalue weighted by Crippen LogP contribution is 2.16. The van der Waals surface area contributed by atoms with Crippen molar-refractivity contribution in [3.05, 3.63) is 28.7 Å². The second-order valence-corrected chi connectivity index (χ2v) is 4.59. The minimum atomic E-state index is 0. The van der Waals surface area contributed by atoms with Gasteiger partial charge in [-0.05, 0) is 50.2 Å². The van der Waals surface area contributed by atoms with Gasteiger partial charge in [0.05, 0.1) is 0 Å². The highest BCUT2D eigenvalue weighted by molar-refractivity contribution is 9.10. The zero-order valence-electron chi connectivity index (χ0n) is 8.91. The fourth-order valence-electron chi connectivity index (χ4n) is 1.75. The lowest BCUT2D eigenvalue weighted by Crippen LogP contribution is -2.35. The standard InChI is InChI=1S/C11H15BrN2.2ClH/c12-9-1-3-10(4-2-9)14-11-5-7-13-8-6-11;;/h1-4,11,13-14H,5-8H2;2*1H. The molecule has 1 aromatic carbocycles. The third-order valence-electron chi connectivity index (χ3n) is 2.55. The van der Waals surface area contributed by atoms with E-state index in [0.717, 1.165) is 17.6 Å². The molecule has 1 aromatic rings. The lowest BCUT2D eigenvalue weighted by Gasteiger charge is -2.24. The normalized spacial score (nSPS) is 15.8. The molecule has 0 aromatic heterocycles. The molecule has 1 heterocycles. The van der Waals surface area contributed by atoms with Crippen LogP contribution in [0, 0.1) is 0 Å². The minimum Gasteiger partial charge on any atom is -0.382 e. The van der Waals surface area contributed by atoms with Crippen molar-refractivity contribution < 1.29 is 0 Å². The topological polar surface area (TPSA) is 24.1 Å². The molecule has 1 fully saturated rings. The molecule has 92 valence electrons. The number of piperidine rings is 1. The molecule has 0 spiro atoms. The van der Waals surface area contributed by atoms with E-state index in [0.29, 0.717) is 6.04 Å². The smallest absolute Gasteiger partial charge is 0.0343 e. The molecule has 0 bridgehead atoms. The Morgan fingerprint density at radius 1 is 1.06 bits per heavy atom. The summed E-state index contributed by atoms with van der Waals surface area (Å²) >= 11 is 3.43. The van der Waals surface area contributed by atoms with Crippen LogP contribution in [0.25, 0.3) is 0 Å². The Morgan fingerprint density at radius 3 is 2.19 bits per heavy atom. The van der Waals surface area contributed by atoms with Gasteiger partial charge >= 0.3 is 0 Å². The highest BCUT2D eigenvalue weighted by atomic mass is 79.9. The average Bonchev–Trinajstić information content (AvgIpc) is 2.23. The van der Waals surface area contributed by atoms with Crippen LogP contribution in [0.15, 0.2) is 28.7 Å². The summed E-state index contributed by atoms with van der Waals surface area (Å²) < 4.78 is 1.13. The van der Waals surface area contributed by atoms with E-state index in [9.17, 15) is 0 Å². The molecule has 16 heavy (non-hydrogen) atoms. The highest BCUT2D eigenvalue weighted by Gasteiger charge is 2.11. The largest absolute Gasteiger partial charge is 0.382 e. The summed E-state index contributed by atoms with van der Waals surface area (Å²) in [5.41, 5.74) is 1.22. The molecule has 2 rings (SSSR count). The van der Waals surface area contributed by atoms with Crippen molar-refractivity contribution in [2.75, 3.05) is 18.4 Å². The van der Waals surface area contributed by atoms with Gasteiger partial charge in [0.25, 0.3) is 0 Å². The first-order chi connectivity index (χ1) is 6.84. The Bertz CT molecular complexity index is 287. The SMILES string of the molecule is Brc1ccc(NC2CCNCC2)cc1.Cl.Cl. The van der Waals surface area contributed by atoms with E-state index >= 15 is 0 Å². The first-order valence-electron chi connectivity index (χ1n) is 5.07. The van der Waals surface area contributed by atoms with Gasteiger partial charge in [-0.1, -0.05) is 15.9 Å². The Kier molecular flexibility index (Phi) is 8.20. The summed E-state index contributed by atoms with van der Waals surface area (Å²) in [6, 6.07) is 9.02. The van der Waals surface area contributed by atoms with Crippen molar-refractivity contribution in [2.45, 2.75) is 18.9 Å². The number of rotatable bonds is 2.